The Morgan fingerprint density at radius 1 is 1.15 bits per heavy atom. The maximum Gasteiger partial charge on any atom is 0.226 e. The third-order valence-electron chi connectivity index (χ3n) is 8.77. The first-order valence-corrected chi connectivity index (χ1v) is 14.8. The molecule has 2 aromatic rings. The molecule has 2 saturated heterocycles. The number of likely N-dealkylation sites (N-methyl/N-ethyl adjacent to an activating group) is 1. The molecule has 0 N–H and O–H groups in total. The van der Waals surface area contributed by atoms with Gasteiger partial charge in [-0.3, -0.25) is 4.79 Å². The van der Waals surface area contributed by atoms with Crippen LogP contribution in [-0.2, 0) is 16.0 Å². The first kappa shape index (κ1) is 28.1. The second kappa shape index (κ2) is 13.3. The maximum atomic E-state index is 14.7. The van der Waals surface area contributed by atoms with E-state index in [4.69, 9.17) is 21.1 Å². The third-order valence-corrected chi connectivity index (χ3v) is 8.97. The van der Waals surface area contributed by atoms with Gasteiger partial charge in [-0.05, 0) is 80.2 Å². The Balaban J connectivity index is 0.990. The van der Waals surface area contributed by atoms with Crippen LogP contribution < -0.4 is 9.64 Å². The van der Waals surface area contributed by atoms with Gasteiger partial charge in [-0.2, -0.15) is 0 Å². The number of halogens is 2. The SMILES string of the molecule is CN(CCC1CCOCC1)C(=O)Cc1ccc(OCC[C@@H]2C[C@@H]2C2CCN(c3ncc(Cl)cn3)CC2)cc1F. The van der Waals surface area contributed by atoms with E-state index in [9.17, 15) is 9.18 Å². The van der Waals surface area contributed by atoms with E-state index >= 15 is 0 Å². The Labute approximate surface area is 236 Å². The van der Waals surface area contributed by atoms with Crippen LogP contribution in [0.3, 0.4) is 0 Å². The number of rotatable bonds is 11. The number of hydrogen-bond acceptors (Lipinski definition) is 6. The molecule has 3 aliphatic rings. The number of aromatic nitrogens is 2. The molecule has 1 aliphatic carbocycles. The second-order valence-electron chi connectivity index (χ2n) is 11.4. The lowest BCUT2D eigenvalue weighted by atomic mass is 9.90. The summed E-state index contributed by atoms with van der Waals surface area (Å²) in [4.78, 5) is 25.3. The number of benzene rings is 1. The molecule has 1 saturated carbocycles. The molecule has 0 bridgehead atoms. The van der Waals surface area contributed by atoms with Crippen molar-refractivity contribution in [3.05, 3.63) is 47.0 Å². The van der Waals surface area contributed by atoms with Gasteiger partial charge in [0.1, 0.15) is 11.6 Å². The van der Waals surface area contributed by atoms with Crippen LogP contribution >= 0.6 is 11.6 Å². The number of hydrogen-bond donors (Lipinski definition) is 0. The standard InChI is InChI=1S/C30H40ClFN4O3/c1-35(10-4-21-7-13-38-14-8-21)29(37)17-24-2-3-26(18-28(24)32)39-15-9-23-16-27(23)22-5-11-36(12-6-22)30-33-19-25(31)20-34-30/h2-3,18-23,27H,4-17H2,1H3/t23-,27-/m1/s1. The molecule has 5 rings (SSSR count). The minimum atomic E-state index is -0.376. The van der Waals surface area contributed by atoms with E-state index in [0.717, 1.165) is 82.6 Å². The summed E-state index contributed by atoms with van der Waals surface area (Å²) in [5, 5.41) is 0.560. The molecule has 0 radical (unpaired) electrons. The summed E-state index contributed by atoms with van der Waals surface area (Å²) in [6, 6.07) is 4.89. The van der Waals surface area contributed by atoms with Crippen LogP contribution in [0.4, 0.5) is 10.3 Å². The number of ether oxygens (including phenoxy) is 2. The number of carbonyl (C=O) groups excluding carboxylic acids is 1. The summed E-state index contributed by atoms with van der Waals surface area (Å²) in [5.41, 5.74) is 0.419. The highest BCUT2D eigenvalue weighted by Crippen LogP contribution is 2.49. The Hall–Kier alpha value is -2.45. The van der Waals surface area contributed by atoms with E-state index in [2.05, 4.69) is 14.9 Å². The first-order valence-electron chi connectivity index (χ1n) is 14.4. The lowest BCUT2D eigenvalue weighted by Gasteiger charge is -2.32. The normalized spacial score (nSPS) is 22.1. The molecule has 1 amide bonds. The van der Waals surface area contributed by atoms with Crippen LogP contribution in [-0.4, -0.2) is 67.3 Å². The van der Waals surface area contributed by atoms with Crippen LogP contribution in [0, 0.1) is 29.5 Å². The van der Waals surface area contributed by atoms with Crippen molar-refractivity contribution >= 4 is 23.5 Å². The molecule has 39 heavy (non-hydrogen) atoms. The maximum absolute atomic E-state index is 14.7. The number of nitrogens with zero attached hydrogens (tertiary/aromatic N) is 4. The average Bonchev–Trinajstić information content (AvgIpc) is 3.73. The Bertz CT molecular complexity index is 1090. The summed E-state index contributed by atoms with van der Waals surface area (Å²) < 4.78 is 26.0. The minimum absolute atomic E-state index is 0.0547. The number of amides is 1. The summed E-state index contributed by atoms with van der Waals surface area (Å²) >= 11 is 5.90. The van der Waals surface area contributed by atoms with Crippen LogP contribution in [0.2, 0.25) is 5.02 Å². The Morgan fingerprint density at radius 2 is 1.90 bits per heavy atom. The zero-order valence-electron chi connectivity index (χ0n) is 22.9. The van der Waals surface area contributed by atoms with E-state index < -0.39 is 0 Å². The van der Waals surface area contributed by atoms with E-state index in [1.807, 2.05) is 0 Å². The molecule has 3 fully saturated rings. The van der Waals surface area contributed by atoms with E-state index in [-0.39, 0.29) is 18.1 Å². The van der Waals surface area contributed by atoms with E-state index in [1.54, 1.807) is 36.5 Å². The van der Waals surface area contributed by atoms with E-state index in [0.29, 0.717) is 41.3 Å². The van der Waals surface area contributed by atoms with Crippen LogP contribution in [0.5, 0.6) is 5.75 Å². The predicted molar refractivity (Wildman–Crippen MR) is 150 cm³/mol. The van der Waals surface area contributed by atoms with Crippen molar-refractivity contribution in [2.24, 2.45) is 23.7 Å². The first-order chi connectivity index (χ1) is 19.0. The predicted octanol–water partition coefficient (Wildman–Crippen LogP) is 5.41. The summed E-state index contributed by atoms with van der Waals surface area (Å²) in [7, 11) is 1.81. The van der Waals surface area contributed by atoms with E-state index in [1.165, 1.54) is 12.5 Å². The van der Waals surface area contributed by atoms with Gasteiger partial charge in [0.05, 0.1) is 30.4 Å². The Kier molecular flexibility index (Phi) is 9.56. The molecule has 1 aromatic carbocycles. The fraction of sp³-hybridized carbons (Fsp3) is 0.633. The molecule has 2 atom stereocenters. The van der Waals surface area contributed by atoms with Gasteiger partial charge in [-0.1, -0.05) is 17.7 Å². The molecule has 9 heteroatoms. The van der Waals surface area contributed by atoms with Crippen LogP contribution in [0.1, 0.15) is 50.5 Å². The highest BCUT2D eigenvalue weighted by Gasteiger charge is 2.43. The summed E-state index contributed by atoms with van der Waals surface area (Å²) in [6.45, 7) is 4.86. The van der Waals surface area contributed by atoms with Crippen molar-refractivity contribution < 1.29 is 18.7 Å². The highest BCUT2D eigenvalue weighted by molar-refractivity contribution is 6.30. The van der Waals surface area contributed by atoms with Gasteiger partial charge >= 0.3 is 0 Å². The smallest absolute Gasteiger partial charge is 0.226 e. The average molecular weight is 559 g/mol. The lowest BCUT2D eigenvalue weighted by molar-refractivity contribution is -0.129. The van der Waals surface area contributed by atoms with Crippen molar-refractivity contribution in [3.63, 3.8) is 0 Å². The van der Waals surface area contributed by atoms with Crippen LogP contribution in [0.25, 0.3) is 0 Å². The summed E-state index contributed by atoms with van der Waals surface area (Å²) in [5.74, 6) is 3.66. The monoisotopic (exact) mass is 558 g/mol. The third kappa shape index (κ3) is 7.82. The lowest BCUT2D eigenvalue weighted by Crippen LogP contribution is -2.35. The molecular formula is C30H40ClFN4O3. The molecule has 0 spiro atoms. The Morgan fingerprint density at radius 3 is 2.62 bits per heavy atom. The molecule has 212 valence electrons. The van der Waals surface area contributed by atoms with Crippen molar-refractivity contribution in [1.29, 1.82) is 0 Å². The van der Waals surface area contributed by atoms with Crippen molar-refractivity contribution in [1.82, 2.24) is 14.9 Å². The minimum Gasteiger partial charge on any atom is -0.493 e. The topological polar surface area (TPSA) is 67.8 Å². The fourth-order valence-electron chi connectivity index (χ4n) is 6.10. The molecule has 2 aliphatic heterocycles. The van der Waals surface area contributed by atoms with Crippen molar-refractivity contribution in [2.75, 3.05) is 51.4 Å². The van der Waals surface area contributed by atoms with Gasteiger partial charge in [-0.25, -0.2) is 14.4 Å². The second-order valence-corrected chi connectivity index (χ2v) is 11.8. The van der Waals surface area contributed by atoms with Crippen molar-refractivity contribution in [2.45, 2.75) is 51.4 Å². The zero-order chi connectivity index (χ0) is 27.2. The largest absolute Gasteiger partial charge is 0.493 e. The van der Waals surface area contributed by atoms with Gasteiger partial charge in [0.25, 0.3) is 0 Å². The van der Waals surface area contributed by atoms with Crippen molar-refractivity contribution in [3.8, 4) is 5.75 Å². The van der Waals surface area contributed by atoms with Gasteiger partial charge in [0, 0.05) is 46.0 Å². The van der Waals surface area contributed by atoms with Gasteiger partial charge in [0.2, 0.25) is 11.9 Å². The molecular weight excluding hydrogens is 519 g/mol. The van der Waals surface area contributed by atoms with Gasteiger partial charge < -0.3 is 19.3 Å². The quantitative estimate of drug-likeness (QED) is 0.367. The van der Waals surface area contributed by atoms with Gasteiger partial charge in [-0.15, -0.1) is 0 Å². The van der Waals surface area contributed by atoms with Crippen LogP contribution in [0.15, 0.2) is 30.6 Å². The number of piperidine rings is 1. The molecule has 0 unspecified atom stereocenters. The van der Waals surface area contributed by atoms with Gasteiger partial charge in [0.15, 0.2) is 0 Å². The molecule has 1 aromatic heterocycles. The fourth-order valence-corrected chi connectivity index (χ4v) is 6.20. The molecule has 7 nitrogen and oxygen atoms in total. The summed E-state index contributed by atoms with van der Waals surface area (Å²) in [6.07, 6.45) is 11.0. The molecule has 3 heterocycles. The highest BCUT2D eigenvalue weighted by atomic mass is 35.5. The number of anilines is 1. The zero-order valence-corrected chi connectivity index (χ0v) is 23.6. The number of carbonyl (C=O) groups is 1.